The van der Waals surface area contributed by atoms with E-state index in [2.05, 4.69) is 45.8 Å². The second kappa shape index (κ2) is 8.84. The van der Waals surface area contributed by atoms with Gasteiger partial charge in [-0.25, -0.2) is 0 Å². The number of benzene rings is 2. The molecule has 6 heteroatoms. The average Bonchev–Trinajstić information content (AvgIpc) is 3.04. The summed E-state index contributed by atoms with van der Waals surface area (Å²) in [5, 5.41) is 1.25. The summed E-state index contributed by atoms with van der Waals surface area (Å²) in [6.07, 6.45) is 3.01. The van der Waals surface area contributed by atoms with Gasteiger partial charge in [0.2, 0.25) is 5.75 Å². The summed E-state index contributed by atoms with van der Waals surface area (Å²) in [6.45, 7) is 0.708. The highest BCUT2D eigenvalue weighted by Crippen LogP contribution is 2.43. The zero-order valence-electron chi connectivity index (χ0n) is 15.9. The van der Waals surface area contributed by atoms with Crippen molar-refractivity contribution < 1.29 is 14.2 Å². The maximum atomic E-state index is 5.71. The number of rotatable bonds is 8. The van der Waals surface area contributed by atoms with Crippen molar-refractivity contribution in [2.75, 3.05) is 27.9 Å². The van der Waals surface area contributed by atoms with Gasteiger partial charge in [0.1, 0.15) is 0 Å². The van der Waals surface area contributed by atoms with Gasteiger partial charge in [-0.05, 0) is 84.3 Å². The first kappa shape index (κ1) is 19.8. The molecular formula is C21H25IN2O3. The molecule has 3 N–H and O–H groups in total. The van der Waals surface area contributed by atoms with Gasteiger partial charge < -0.3 is 24.9 Å². The molecule has 0 spiro atoms. The van der Waals surface area contributed by atoms with Crippen molar-refractivity contribution >= 4 is 33.5 Å². The van der Waals surface area contributed by atoms with E-state index >= 15 is 0 Å². The van der Waals surface area contributed by atoms with Crippen LogP contribution in [0.2, 0.25) is 0 Å². The third-order valence-electron chi connectivity index (χ3n) is 4.70. The van der Waals surface area contributed by atoms with E-state index < -0.39 is 0 Å². The molecule has 0 saturated heterocycles. The molecule has 3 rings (SSSR count). The summed E-state index contributed by atoms with van der Waals surface area (Å²) >= 11 is 2.36. The van der Waals surface area contributed by atoms with Crippen LogP contribution in [0.4, 0.5) is 0 Å². The van der Waals surface area contributed by atoms with Crippen molar-refractivity contribution in [1.29, 1.82) is 0 Å². The molecule has 0 aliphatic rings. The first-order chi connectivity index (χ1) is 13.1. The van der Waals surface area contributed by atoms with Crippen LogP contribution in [0.25, 0.3) is 22.2 Å². The number of aromatic nitrogens is 1. The molecule has 0 fully saturated rings. The van der Waals surface area contributed by atoms with Crippen molar-refractivity contribution in [1.82, 2.24) is 4.98 Å². The van der Waals surface area contributed by atoms with E-state index in [1.807, 2.05) is 12.1 Å². The smallest absolute Gasteiger partial charge is 0.203 e. The standard InChI is InChI=1S/C21H25IN2O3/c1-25-18-10-13(11-19(26-2)21(18)27-3)20-15(6-4-5-9-23)16-12-14(22)7-8-17(16)24-20/h7-8,10-12,24H,4-6,9,23H2,1-3H3. The van der Waals surface area contributed by atoms with Gasteiger partial charge in [0.05, 0.1) is 21.3 Å². The maximum Gasteiger partial charge on any atom is 0.203 e. The third kappa shape index (κ3) is 4.01. The lowest BCUT2D eigenvalue weighted by Crippen LogP contribution is -2.00. The van der Waals surface area contributed by atoms with Crippen molar-refractivity contribution in [2.45, 2.75) is 19.3 Å². The van der Waals surface area contributed by atoms with Crippen molar-refractivity contribution in [3.8, 4) is 28.5 Å². The minimum atomic E-state index is 0.596. The second-order valence-corrected chi connectivity index (χ2v) is 7.57. The lowest BCUT2D eigenvalue weighted by atomic mass is 9.99. The molecule has 0 atom stereocenters. The van der Waals surface area contributed by atoms with E-state index in [4.69, 9.17) is 19.9 Å². The molecule has 5 nitrogen and oxygen atoms in total. The van der Waals surface area contributed by atoms with Crippen LogP contribution in [0.3, 0.4) is 0 Å². The van der Waals surface area contributed by atoms with Crippen LogP contribution in [0.1, 0.15) is 18.4 Å². The normalized spacial score (nSPS) is 11.0. The van der Waals surface area contributed by atoms with Crippen LogP contribution in [0.15, 0.2) is 30.3 Å². The minimum absolute atomic E-state index is 0.596. The predicted molar refractivity (Wildman–Crippen MR) is 118 cm³/mol. The fourth-order valence-electron chi connectivity index (χ4n) is 3.40. The number of nitrogens with one attached hydrogen (secondary N) is 1. The van der Waals surface area contributed by atoms with Crippen molar-refractivity contribution in [3.05, 3.63) is 39.5 Å². The Balaban J connectivity index is 2.19. The maximum absolute atomic E-state index is 5.71. The number of H-pyrrole nitrogens is 1. The van der Waals surface area contributed by atoms with E-state index in [0.717, 1.165) is 36.0 Å². The fraction of sp³-hybridized carbons (Fsp3) is 0.333. The highest BCUT2D eigenvalue weighted by molar-refractivity contribution is 14.1. The Morgan fingerprint density at radius 3 is 2.26 bits per heavy atom. The quantitative estimate of drug-likeness (QED) is 0.361. The number of halogens is 1. The molecule has 0 saturated carbocycles. The SMILES string of the molecule is COc1cc(-c2[nH]c3ccc(I)cc3c2CCCCN)cc(OC)c1OC. The summed E-state index contributed by atoms with van der Waals surface area (Å²) < 4.78 is 17.7. The highest BCUT2D eigenvalue weighted by atomic mass is 127. The molecule has 0 aliphatic heterocycles. The first-order valence-corrected chi connectivity index (χ1v) is 10.0. The molecule has 0 bridgehead atoms. The number of ether oxygens (including phenoxy) is 3. The van der Waals surface area contributed by atoms with Crippen LogP contribution in [0.5, 0.6) is 17.2 Å². The number of hydrogen-bond donors (Lipinski definition) is 2. The largest absolute Gasteiger partial charge is 0.493 e. The van der Waals surface area contributed by atoms with E-state index in [1.165, 1.54) is 14.5 Å². The Hall–Kier alpha value is -1.93. The summed E-state index contributed by atoms with van der Waals surface area (Å²) in [7, 11) is 4.89. The molecule has 1 aromatic heterocycles. The molecule has 27 heavy (non-hydrogen) atoms. The van der Waals surface area contributed by atoms with Crippen molar-refractivity contribution in [2.24, 2.45) is 5.73 Å². The zero-order chi connectivity index (χ0) is 19.4. The van der Waals surface area contributed by atoms with Crippen LogP contribution in [0, 0.1) is 3.57 Å². The van der Waals surface area contributed by atoms with E-state index in [-0.39, 0.29) is 0 Å². The van der Waals surface area contributed by atoms with E-state index in [1.54, 1.807) is 21.3 Å². The van der Waals surface area contributed by atoms with Gasteiger partial charge in [-0.15, -0.1) is 0 Å². The third-order valence-corrected chi connectivity index (χ3v) is 5.37. The number of aromatic amines is 1. The molecule has 3 aromatic rings. The number of unbranched alkanes of at least 4 members (excludes halogenated alkanes) is 1. The summed E-state index contributed by atoms with van der Waals surface area (Å²) in [4.78, 5) is 3.59. The number of nitrogens with two attached hydrogens (primary N) is 1. The second-order valence-electron chi connectivity index (χ2n) is 6.33. The lowest BCUT2D eigenvalue weighted by Gasteiger charge is -2.14. The minimum Gasteiger partial charge on any atom is -0.493 e. The Morgan fingerprint density at radius 1 is 0.963 bits per heavy atom. The molecular weight excluding hydrogens is 455 g/mol. The first-order valence-electron chi connectivity index (χ1n) is 8.93. The predicted octanol–water partition coefficient (Wildman–Crippen LogP) is 4.75. The zero-order valence-corrected chi connectivity index (χ0v) is 18.1. The highest BCUT2D eigenvalue weighted by Gasteiger charge is 2.18. The molecule has 1 heterocycles. The van der Waals surface area contributed by atoms with E-state index in [0.29, 0.717) is 23.8 Å². The van der Waals surface area contributed by atoms with Gasteiger partial charge >= 0.3 is 0 Å². The molecule has 0 aliphatic carbocycles. The number of hydrogen-bond acceptors (Lipinski definition) is 4. The average molecular weight is 480 g/mol. The van der Waals surface area contributed by atoms with Gasteiger partial charge in [0, 0.05) is 25.7 Å². The van der Waals surface area contributed by atoms with Gasteiger partial charge in [-0.2, -0.15) is 0 Å². The number of aryl methyl sites for hydroxylation is 1. The van der Waals surface area contributed by atoms with Crippen LogP contribution >= 0.6 is 22.6 Å². The molecule has 144 valence electrons. The van der Waals surface area contributed by atoms with Crippen LogP contribution < -0.4 is 19.9 Å². The van der Waals surface area contributed by atoms with Gasteiger partial charge in [0.15, 0.2) is 11.5 Å². The van der Waals surface area contributed by atoms with Gasteiger partial charge in [-0.3, -0.25) is 0 Å². The lowest BCUT2D eigenvalue weighted by molar-refractivity contribution is 0.324. The summed E-state index contributed by atoms with van der Waals surface area (Å²) in [5.74, 6) is 1.89. The van der Waals surface area contributed by atoms with Crippen molar-refractivity contribution in [3.63, 3.8) is 0 Å². The Morgan fingerprint density at radius 2 is 1.67 bits per heavy atom. The molecule has 0 unspecified atom stereocenters. The molecule has 2 aromatic carbocycles. The van der Waals surface area contributed by atoms with Crippen LogP contribution in [-0.4, -0.2) is 32.9 Å². The van der Waals surface area contributed by atoms with E-state index in [9.17, 15) is 0 Å². The number of methoxy groups -OCH3 is 3. The summed E-state index contributed by atoms with van der Waals surface area (Å²) in [6, 6.07) is 10.5. The summed E-state index contributed by atoms with van der Waals surface area (Å²) in [5.41, 5.74) is 10.2. The monoisotopic (exact) mass is 480 g/mol. The molecule has 0 radical (unpaired) electrons. The Kier molecular flexibility index (Phi) is 6.49. The fourth-order valence-corrected chi connectivity index (χ4v) is 3.89. The van der Waals surface area contributed by atoms with Crippen LogP contribution in [-0.2, 0) is 6.42 Å². The molecule has 0 amide bonds. The van der Waals surface area contributed by atoms with Gasteiger partial charge in [0.25, 0.3) is 0 Å². The van der Waals surface area contributed by atoms with Gasteiger partial charge in [-0.1, -0.05) is 0 Å². The Labute approximate surface area is 173 Å². The number of fused-ring (bicyclic) bond motifs is 1. The Bertz CT molecular complexity index is 912. The topological polar surface area (TPSA) is 69.5 Å².